The van der Waals surface area contributed by atoms with Crippen molar-refractivity contribution in [2.24, 2.45) is 0 Å². The van der Waals surface area contributed by atoms with Crippen molar-refractivity contribution in [3.05, 3.63) is 65.8 Å². The lowest BCUT2D eigenvalue weighted by molar-refractivity contribution is 1.13. The summed E-state index contributed by atoms with van der Waals surface area (Å²) < 4.78 is 2.11. The molecular weight excluding hydrogens is 218 g/mol. The summed E-state index contributed by atoms with van der Waals surface area (Å²) in [4.78, 5) is 0. The molecule has 0 spiro atoms. The van der Waals surface area contributed by atoms with Crippen LogP contribution in [0.1, 0.15) is 0 Å². The fourth-order valence-corrected chi connectivity index (χ4v) is 2.23. The van der Waals surface area contributed by atoms with Gasteiger partial charge in [0.25, 0.3) is 0 Å². The molecule has 78 valence electrons. The fourth-order valence-electron chi connectivity index (χ4n) is 1.95. The largest absolute Gasteiger partial charge is 0.315 e. The van der Waals surface area contributed by atoms with Gasteiger partial charge in [-0.1, -0.05) is 41.9 Å². The molecule has 3 aromatic rings. The zero-order valence-corrected chi connectivity index (χ0v) is 9.35. The van der Waals surface area contributed by atoms with Crippen molar-refractivity contribution in [1.29, 1.82) is 0 Å². The van der Waals surface area contributed by atoms with Crippen LogP contribution in [0.4, 0.5) is 0 Å². The Morgan fingerprint density at radius 3 is 2.44 bits per heavy atom. The van der Waals surface area contributed by atoms with E-state index in [1.807, 2.05) is 36.5 Å². The summed E-state index contributed by atoms with van der Waals surface area (Å²) in [5, 5.41) is 1.95. The number of halogens is 1. The SMILES string of the molecule is Clc1cccc2ccn(-c3ccccc3)c12. The molecule has 0 aliphatic rings. The average molecular weight is 228 g/mol. The highest BCUT2D eigenvalue weighted by Gasteiger charge is 2.05. The van der Waals surface area contributed by atoms with Crippen LogP contribution in [0.25, 0.3) is 16.6 Å². The molecule has 0 N–H and O–H groups in total. The molecule has 0 bridgehead atoms. The molecule has 0 radical (unpaired) electrons. The van der Waals surface area contributed by atoms with Crippen LogP contribution < -0.4 is 0 Å². The topological polar surface area (TPSA) is 4.93 Å². The maximum atomic E-state index is 6.23. The standard InChI is InChI=1S/C14H10ClN/c15-13-8-4-5-11-9-10-16(14(11)13)12-6-2-1-3-7-12/h1-10H. The van der Waals surface area contributed by atoms with Gasteiger partial charge in [0.15, 0.2) is 0 Å². The monoisotopic (exact) mass is 227 g/mol. The van der Waals surface area contributed by atoms with E-state index < -0.39 is 0 Å². The van der Waals surface area contributed by atoms with Crippen molar-refractivity contribution in [2.75, 3.05) is 0 Å². The summed E-state index contributed by atoms with van der Waals surface area (Å²) in [6.07, 6.45) is 2.05. The number of benzene rings is 2. The Morgan fingerprint density at radius 2 is 1.62 bits per heavy atom. The van der Waals surface area contributed by atoms with Crippen LogP contribution in [-0.2, 0) is 0 Å². The third-order valence-electron chi connectivity index (χ3n) is 2.70. The highest BCUT2D eigenvalue weighted by molar-refractivity contribution is 6.35. The molecule has 1 nitrogen and oxygen atoms in total. The van der Waals surface area contributed by atoms with E-state index >= 15 is 0 Å². The first-order valence-corrected chi connectivity index (χ1v) is 5.55. The molecule has 0 saturated heterocycles. The maximum Gasteiger partial charge on any atom is 0.0715 e. The van der Waals surface area contributed by atoms with E-state index in [9.17, 15) is 0 Å². The Kier molecular flexibility index (Phi) is 2.19. The van der Waals surface area contributed by atoms with Crippen LogP contribution in [0.5, 0.6) is 0 Å². The van der Waals surface area contributed by atoms with E-state index in [2.05, 4.69) is 28.8 Å². The molecule has 0 aliphatic carbocycles. The van der Waals surface area contributed by atoms with E-state index in [0.29, 0.717) is 0 Å². The molecule has 1 heterocycles. The average Bonchev–Trinajstić information content (AvgIpc) is 2.75. The van der Waals surface area contributed by atoms with Gasteiger partial charge in [0.2, 0.25) is 0 Å². The van der Waals surface area contributed by atoms with Crippen molar-refractivity contribution in [3.8, 4) is 5.69 Å². The fraction of sp³-hybridized carbons (Fsp3) is 0. The minimum absolute atomic E-state index is 0.784. The van der Waals surface area contributed by atoms with Crippen molar-refractivity contribution in [1.82, 2.24) is 4.57 Å². The predicted octanol–water partition coefficient (Wildman–Crippen LogP) is 4.28. The number of aromatic nitrogens is 1. The number of rotatable bonds is 1. The van der Waals surface area contributed by atoms with Crippen LogP contribution >= 0.6 is 11.6 Å². The van der Waals surface area contributed by atoms with E-state index in [0.717, 1.165) is 21.6 Å². The van der Waals surface area contributed by atoms with Gasteiger partial charge in [-0.3, -0.25) is 0 Å². The van der Waals surface area contributed by atoms with E-state index in [1.165, 1.54) is 0 Å². The van der Waals surface area contributed by atoms with Gasteiger partial charge >= 0.3 is 0 Å². The summed E-state index contributed by atoms with van der Waals surface area (Å²) >= 11 is 6.23. The smallest absolute Gasteiger partial charge is 0.0715 e. The molecule has 0 unspecified atom stereocenters. The van der Waals surface area contributed by atoms with Gasteiger partial charge in [0.1, 0.15) is 0 Å². The summed E-state index contributed by atoms with van der Waals surface area (Å²) in [6.45, 7) is 0. The number of fused-ring (bicyclic) bond motifs is 1. The highest BCUT2D eigenvalue weighted by Crippen LogP contribution is 2.26. The van der Waals surface area contributed by atoms with Crippen molar-refractivity contribution < 1.29 is 0 Å². The van der Waals surface area contributed by atoms with Gasteiger partial charge in [0, 0.05) is 17.3 Å². The third-order valence-corrected chi connectivity index (χ3v) is 3.00. The Balaban J connectivity index is 2.33. The maximum absolute atomic E-state index is 6.23. The number of para-hydroxylation sites is 2. The quantitative estimate of drug-likeness (QED) is 0.585. The molecule has 0 amide bonds. The van der Waals surface area contributed by atoms with E-state index in [4.69, 9.17) is 11.6 Å². The molecule has 0 fully saturated rings. The lowest BCUT2D eigenvalue weighted by Crippen LogP contribution is -1.91. The predicted molar refractivity (Wildman–Crippen MR) is 68.3 cm³/mol. The second kappa shape index (κ2) is 3.69. The van der Waals surface area contributed by atoms with Gasteiger partial charge in [-0.05, 0) is 24.3 Å². The summed E-state index contributed by atoms with van der Waals surface area (Å²) in [6, 6.07) is 18.2. The molecule has 0 atom stereocenters. The third kappa shape index (κ3) is 1.41. The van der Waals surface area contributed by atoms with Gasteiger partial charge < -0.3 is 4.57 Å². The van der Waals surface area contributed by atoms with Crippen molar-refractivity contribution in [2.45, 2.75) is 0 Å². The molecule has 2 aromatic carbocycles. The molecule has 0 saturated carbocycles. The van der Waals surface area contributed by atoms with Gasteiger partial charge in [-0.25, -0.2) is 0 Å². The summed E-state index contributed by atoms with van der Waals surface area (Å²) in [7, 11) is 0. The van der Waals surface area contributed by atoms with E-state index in [-0.39, 0.29) is 0 Å². The summed E-state index contributed by atoms with van der Waals surface area (Å²) in [5.41, 5.74) is 2.20. The molecule has 16 heavy (non-hydrogen) atoms. The first kappa shape index (κ1) is 9.49. The second-order valence-electron chi connectivity index (χ2n) is 3.70. The first-order chi connectivity index (χ1) is 7.86. The molecule has 2 heteroatoms. The lowest BCUT2D eigenvalue weighted by Gasteiger charge is -2.06. The highest BCUT2D eigenvalue weighted by atomic mass is 35.5. The van der Waals surface area contributed by atoms with Crippen LogP contribution in [0.15, 0.2) is 60.8 Å². The number of hydrogen-bond donors (Lipinski definition) is 0. The minimum Gasteiger partial charge on any atom is -0.315 e. The van der Waals surface area contributed by atoms with Crippen LogP contribution in [0.3, 0.4) is 0 Å². The van der Waals surface area contributed by atoms with Gasteiger partial charge in [0.05, 0.1) is 10.5 Å². The molecule has 3 rings (SSSR count). The Bertz CT molecular complexity index is 626. The Hall–Kier alpha value is -1.73. The minimum atomic E-state index is 0.784. The van der Waals surface area contributed by atoms with Gasteiger partial charge in [-0.2, -0.15) is 0 Å². The summed E-state index contributed by atoms with van der Waals surface area (Å²) in [5.74, 6) is 0. The van der Waals surface area contributed by atoms with E-state index in [1.54, 1.807) is 0 Å². The van der Waals surface area contributed by atoms with Crippen molar-refractivity contribution >= 4 is 22.5 Å². The van der Waals surface area contributed by atoms with Gasteiger partial charge in [-0.15, -0.1) is 0 Å². The normalized spacial score (nSPS) is 10.8. The molecule has 1 aromatic heterocycles. The zero-order chi connectivity index (χ0) is 11.0. The Morgan fingerprint density at radius 1 is 0.812 bits per heavy atom. The number of hydrogen-bond acceptors (Lipinski definition) is 0. The molecule has 0 aliphatic heterocycles. The number of nitrogens with zero attached hydrogens (tertiary/aromatic N) is 1. The Labute approximate surface area is 98.9 Å². The first-order valence-electron chi connectivity index (χ1n) is 5.17. The van der Waals surface area contributed by atoms with Crippen molar-refractivity contribution in [3.63, 3.8) is 0 Å². The van der Waals surface area contributed by atoms with Crippen LogP contribution in [0, 0.1) is 0 Å². The van der Waals surface area contributed by atoms with Crippen LogP contribution in [-0.4, -0.2) is 4.57 Å². The second-order valence-corrected chi connectivity index (χ2v) is 4.11. The van der Waals surface area contributed by atoms with Crippen LogP contribution in [0.2, 0.25) is 5.02 Å². The lowest BCUT2D eigenvalue weighted by atomic mass is 10.2. The molecular formula is C14H10ClN. The zero-order valence-electron chi connectivity index (χ0n) is 8.60.